The number of fused-ring (bicyclic) bond motifs is 1. The van der Waals surface area contributed by atoms with E-state index in [0.717, 1.165) is 20.9 Å². The molecule has 0 aliphatic carbocycles. The van der Waals surface area contributed by atoms with E-state index in [4.69, 9.17) is 37.9 Å². The molecule has 402 valence electrons. The maximum Gasteiger partial charge on any atom is 0.338 e. The second-order valence-electron chi connectivity index (χ2n) is 18.8. The molecule has 7 aromatic rings. The number of rotatable bonds is 18. The molecule has 0 unspecified atom stereocenters. The normalized spacial score (nSPS) is 23.5. The lowest BCUT2D eigenvalue weighted by molar-refractivity contribution is -0.333. The maximum absolute atomic E-state index is 14.5. The van der Waals surface area contributed by atoms with Gasteiger partial charge in [0.25, 0.3) is 11.8 Å². The first-order valence-electron chi connectivity index (χ1n) is 25.5. The highest BCUT2D eigenvalue weighted by atomic mass is 32.2. The molecule has 3 aliphatic rings. The van der Waals surface area contributed by atoms with Gasteiger partial charge in [-0.15, -0.1) is 0 Å². The summed E-state index contributed by atoms with van der Waals surface area (Å²) in [5, 5.41) is 13.2. The number of imide groups is 1. The number of carbonyl (C=O) groups excluding carboxylic acids is 6. The molecule has 0 aromatic heterocycles. The van der Waals surface area contributed by atoms with Crippen molar-refractivity contribution in [2.45, 2.75) is 78.9 Å². The Morgan fingerprint density at radius 1 is 0.506 bits per heavy atom. The van der Waals surface area contributed by atoms with Crippen LogP contribution in [-0.4, -0.2) is 119 Å². The summed E-state index contributed by atoms with van der Waals surface area (Å²) in [7, 11) is 0. The van der Waals surface area contributed by atoms with Gasteiger partial charge in [0.05, 0.1) is 46.6 Å². The minimum atomic E-state index is -1.92. The monoisotopic (exact) mass is 1080 g/mol. The summed E-state index contributed by atoms with van der Waals surface area (Å²) in [6.45, 7) is 1.04. The van der Waals surface area contributed by atoms with E-state index in [9.17, 15) is 33.9 Å². The van der Waals surface area contributed by atoms with Crippen molar-refractivity contribution in [3.8, 4) is 0 Å². The van der Waals surface area contributed by atoms with Crippen molar-refractivity contribution in [1.82, 2.24) is 4.90 Å². The highest BCUT2D eigenvalue weighted by Gasteiger charge is 2.59. The van der Waals surface area contributed by atoms with Crippen LogP contribution in [0.15, 0.2) is 205 Å². The zero-order chi connectivity index (χ0) is 54.8. The van der Waals surface area contributed by atoms with Crippen molar-refractivity contribution in [3.63, 3.8) is 0 Å². The Kier molecular flexibility index (Phi) is 17.1. The Labute approximate surface area is 459 Å². The average Bonchev–Trinajstić information content (AvgIpc) is 3.74. The van der Waals surface area contributed by atoms with Crippen molar-refractivity contribution in [2.75, 3.05) is 13.2 Å². The van der Waals surface area contributed by atoms with Gasteiger partial charge in [-0.2, -0.15) is 0 Å². The van der Waals surface area contributed by atoms with Gasteiger partial charge in [0.1, 0.15) is 42.5 Å². The molecule has 10 rings (SSSR count). The Bertz CT molecular complexity index is 3230. The second-order valence-corrected chi connectivity index (χ2v) is 19.9. The van der Waals surface area contributed by atoms with Crippen LogP contribution in [0.2, 0.25) is 0 Å². The van der Waals surface area contributed by atoms with Crippen LogP contribution >= 0.6 is 11.8 Å². The lowest BCUT2D eigenvalue weighted by atomic mass is 9.95. The lowest BCUT2D eigenvalue weighted by Crippen LogP contribution is -2.68. The van der Waals surface area contributed by atoms with Crippen LogP contribution in [0.25, 0.3) is 0 Å². The molecule has 2 saturated heterocycles. The predicted molar refractivity (Wildman–Crippen MR) is 286 cm³/mol. The van der Waals surface area contributed by atoms with Crippen LogP contribution < -0.4 is 0 Å². The highest BCUT2D eigenvalue weighted by molar-refractivity contribution is 7.99. The Balaban J connectivity index is 1.09. The summed E-state index contributed by atoms with van der Waals surface area (Å²) in [5.74, 6) is -4.98. The molecular formula is C62H53NO15S. The SMILES string of the molecule is Cc1ccccc1S[C@@H]1O[C@H](COCc2ccccc2)[C@@H](O[C@@H]2O[C@H](COC(=O)c3ccccc3)[C@H](OC(=O)c3ccccc3)[C@H](OC(=O)c3ccccc3)[C@H]2OC(=O)c2ccccc2)[C@H](O)[C@H]1N1C(=O)c2ccccc2C1=O. The maximum atomic E-state index is 14.5. The fourth-order valence-electron chi connectivity index (χ4n) is 9.53. The molecular weight excluding hydrogens is 1030 g/mol. The van der Waals surface area contributed by atoms with E-state index < -0.39 is 103 Å². The number of nitrogens with zero attached hydrogens (tertiary/aromatic N) is 1. The first kappa shape index (κ1) is 54.1. The van der Waals surface area contributed by atoms with E-state index >= 15 is 0 Å². The van der Waals surface area contributed by atoms with Crippen molar-refractivity contribution < 1.29 is 71.8 Å². The second kappa shape index (κ2) is 25.0. The number of aliphatic hydroxyl groups excluding tert-OH is 1. The predicted octanol–water partition coefficient (Wildman–Crippen LogP) is 8.70. The van der Waals surface area contributed by atoms with Crippen molar-refractivity contribution in [1.29, 1.82) is 0 Å². The number of amides is 2. The van der Waals surface area contributed by atoms with E-state index in [2.05, 4.69) is 0 Å². The fourth-order valence-corrected chi connectivity index (χ4v) is 10.8. The van der Waals surface area contributed by atoms with Crippen LogP contribution in [-0.2, 0) is 44.5 Å². The minimum Gasteiger partial charge on any atom is -0.459 e. The Hall–Kier alpha value is -8.29. The van der Waals surface area contributed by atoms with E-state index in [1.165, 1.54) is 72.4 Å². The lowest BCUT2D eigenvalue weighted by Gasteiger charge is -2.49. The fraction of sp³-hybridized carbons (Fsp3) is 0.226. The summed E-state index contributed by atoms with van der Waals surface area (Å²) in [4.78, 5) is 87.7. The average molecular weight is 1080 g/mol. The third kappa shape index (κ3) is 12.4. The number of hydrogen-bond donors (Lipinski definition) is 1. The molecule has 0 saturated carbocycles. The van der Waals surface area contributed by atoms with Crippen LogP contribution in [0.4, 0.5) is 0 Å². The summed E-state index contributed by atoms with van der Waals surface area (Å²) < 4.78 is 51.7. The van der Waals surface area contributed by atoms with Crippen LogP contribution in [0.1, 0.15) is 73.3 Å². The molecule has 0 spiro atoms. The summed E-state index contributed by atoms with van der Waals surface area (Å²) in [6.07, 6.45) is -13.6. The van der Waals surface area contributed by atoms with Gasteiger partial charge in [-0.1, -0.05) is 145 Å². The third-order valence-electron chi connectivity index (χ3n) is 13.5. The van der Waals surface area contributed by atoms with Gasteiger partial charge in [-0.3, -0.25) is 14.5 Å². The Morgan fingerprint density at radius 2 is 0.949 bits per heavy atom. The molecule has 3 aliphatic heterocycles. The van der Waals surface area contributed by atoms with Gasteiger partial charge < -0.3 is 43.0 Å². The zero-order valence-corrected chi connectivity index (χ0v) is 43.3. The number of hydrogen-bond acceptors (Lipinski definition) is 16. The molecule has 79 heavy (non-hydrogen) atoms. The first-order valence-corrected chi connectivity index (χ1v) is 26.4. The standard InChI is InChI=1S/C62H53NO15S/c1-38-21-17-20-34-48(38)79-62-49(63-55(65)44-32-18-19-33-45(44)56(63)66)50(64)51(46(74-62)36-71-35-39-22-7-2-8-23-39)78-61-54(77-60(70)43-30-15-6-16-31-43)53(76-59(69)42-28-13-5-14-29-42)52(75-58(68)41-26-11-4-12-27-41)47(73-61)37-72-57(67)40-24-9-3-10-25-40/h2-34,46-47,49-54,61-62,64H,35-37H2,1H3/t46-,47-,49-,50-,51-,52+,53+,54-,61+,62+/m1/s1. The molecule has 17 heteroatoms. The first-order chi connectivity index (χ1) is 38.5. The molecule has 7 aromatic carbocycles. The summed E-state index contributed by atoms with van der Waals surface area (Å²) >= 11 is 1.18. The van der Waals surface area contributed by atoms with E-state index in [0.29, 0.717) is 0 Å². The van der Waals surface area contributed by atoms with Crippen molar-refractivity contribution in [2.24, 2.45) is 0 Å². The molecule has 1 N–H and O–H groups in total. The quantitative estimate of drug-likeness (QED) is 0.0486. The number of esters is 4. The number of ether oxygens (including phenoxy) is 8. The van der Waals surface area contributed by atoms with Gasteiger partial charge in [0, 0.05) is 4.90 Å². The topological polar surface area (TPSA) is 200 Å². The Morgan fingerprint density at radius 3 is 1.48 bits per heavy atom. The van der Waals surface area contributed by atoms with Crippen LogP contribution in [0.5, 0.6) is 0 Å². The molecule has 0 bridgehead atoms. The van der Waals surface area contributed by atoms with E-state index in [1.807, 2.05) is 61.5 Å². The van der Waals surface area contributed by atoms with Crippen molar-refractivity contribution >= 4 is 47.5 Å². The molecule has 3 heterocycles. The summed E-state index contributed by atoms with van der Waals surface area (Å²) in [5.41, 5.74) is 1.10. The third-order valence-corrected chi connectivity index (χ3v) is 14.9. The highest BCUT2D eigenvalue weighted by Crippen LogP contribution is 2.42. The van der Waals surface area contributed by atoms with E-state index in [-0.39, 0.29) is 46.6 Å². The largest absolute Gasteiger partial charge is 0.459 e. The van der Waals surface area contributed by atoms with Crippen molar-refractivity contribution in [3.05, 3.63) is 245 Å². The molecule has 16 nitrogen and oxygen atoms in total. The number of thioether (sulfide) groups is 1. The van der Waals surface area contributed by atoms with Crippen LogP contribution in [0, 0.1) is 6.92 Å². The number of carbonyl (C=O) groups is 6. The van der Waals surface area contributed by atoms with Gasteiger partial charge >= 0.3 is 23.9 Å². The number of benzene rings is 7. The van der Waals surface area contributed by atoms with Gasteiger partial charge in [-0.25, -0.2) is 19.2 Å². The molecule has 2 fully saturated rings. The summed E-state index contributed by atoms with van der Waals surface area (Å²) in [6, 6.07) is 53.3. The van der Waals surface area contributed by atoms with Gasteiger partial charge in [0.15, 0.2) is 24.6 Å². The number of aliphatic hydroxyl groups is 1. The number of aryl methyl sites for hydroxylation is 1. The van der Waals surface area contributed by atoms with Crippen LogP contribution in [0.3, 0.4) is 0 Å². The molecule has 2 amide bonds. The molecule has 0 radical (unpaired) electrons. The smallest absolute Gasteiger partial charge is 0.338 e. The molecule has 10 atom stereocenters. The minimum absolute atomic E-state index is 0.0566. The van der Waals surface area contributed by atoms with Gasteiger partial charge in [0.2, 0.25) is 0 Å². The van der Waals surface area contributed by atoms with Gasteiger partial charge in [-0.05, 0) is 84.8 Å². The van der Waals surface area contributed by atoms with E-state index in [1.54, 1.807) is 84.9 Å². The zero-order valence-electron chi connectivity index (χ0n) is 42.5.